The molecule has 2 rings (SSSR count). The Hall–Kier alpha value is -2.40. The second-order valence-electron chi connectivity index (χ2n) is 4.09. The maximum atomic E-state index is 12.0. The Bertz CT molecular complexity index is 644. The fourth-order valence-corrected chi connectivity index (χ4v) is 1.89. The van der Waals surface area contributed by atoms with Crippen LogP contribution in [-0.2, 0) is 6.54 Å². The Morgan fingerprint density at radius 2 is 1.90 bits per heavy atom. The third kappa shape index (κ3) is 3.33. The lowest BCUT2D eigenvalue weighted by molar-refractivity contribution is -0.385. The summed E-state index contributed by atoms with van der Waals surface area (Å²) in [5.41, 5.74) is 0.601. The third-order valence-corrected chi connectivity index (χ3v) is 2.93. The van der Waals surface area contributed by atoms with Crippen molar-refractivity contribution in [1.29, 1.82) is 0 Å². The lowest BCUT2D eigenvalue weighted by Crippen LogP contribution is -2.23. The summed E-state index contributed by atoms with van der Waals surface area (Å²) in [4.78, 5) is 22.3. The summed E-state index contributed by atoms with van der Waals surface area (Å²) in [6, 6.07) is 13.2. The first kappa shape index (κ1) is 14.0. The maximum absolute atomic E-state index is 12.0. The van der Waals surface area contributed by atoms with Gasteiger partial charge in [-0.2, -0.15) is 0 Å². The molecule has 0 aromatic heterocycles. The minimum atomic E-state index is -0.603. The van der Waals surface area contributed by atoms with Crippen LogP contribution in [-0.4, -0.2) is 10.8 Å². The van der Waals surface area contributed by atoms with E-state index in [2.05, 4.69) is 5.32 Å². The molecule has 0 saturated heterocycles. The smallest absolute Gasteiger partial charge is 0.282 e. The van der Waals surface area contributed by atoms with Gasteiger partial charge in [0.15, 0.2) is 0 Å². The van der Waals surface area contributed by atoms with Crippen molar-refractivity contribution in [1.82, 2.24) is 5.32 Å². The normalized spacial score (nSPS) is 10.1. The van der Waals surface area contributed by atoms with Crippen LogP contribution >= 0.6 is 11.6 Å². The molecule has 0 heterocycles. The first-order chi connectivity index (χ1) is 9.58. The van der Waals surface area contributed by atoms with Crippen molar-refractivity contribution in [3.8, 4) is 0 Å². The number of hydrogen-bond acceptors (Lipinski definition) is 3. The molecule has 0 bridgehead atoms. The highest BCUT2D eigenvalue weighted by atomic mass is 35.5. The van der Waals surface area contributed by atoms with Gasteiger partial charge in [-0.05, 0) is 17.7 Å². The second-order valence-corrected chi connectivity index (χ2v) is 4.52. The number of amides is 1. The van der Waals surface area contributed by atoms with Gasteiger partial charge in [0, 0.05) is 17.6 Å². The first-order valence-electron chi connectivity index (χ1n) is 5.84. The van der Waals surface area contributed by atoms with Crippen molar-refractivity contribution in [3.63, 3.8) is 0 Å². The van der Waals surface area contributed by atoms with E-state index in [0.717, 1.165) is 5.56 Å². The molecular weight excluding hydrogens is 280 g/mol. The van der Waals surface area contributed by atoms with Crippen LogP contribution in [0.4, 0.5) is 5.69 Å². The zero-order valence-electron chi connectivity index (χ0n) is 10.4. The molecule has 2 aromatic rings. The number of rotatable bonds is 4. The van der Waals surface area contributed by atoms with Gasteiger partial charge in [0.05, 0.1) is 4.92 Å². The molecule has 0 aliphatic rings. The lowest BCUT2D eigenvalue weighted by atomic mass is 10.1. The van der Waals surface area contributed by atoms with Crippen LogP contribution in [0.5, 0.6) is 0 Å². The molecule has 2 aromatic carbocycles. The van der Waals surface area contributed by atoms with E-state index < -0.39 is 10.8 Å². The van der Waals surface area contributed by atoms with E-state index in [4.69, 9.17) is 11.6 Å². The minimum absolute atomic E-state index is 0.0431. The van der Waals surface area contributed by atoms with Crippen molar-refractivity contribution in [2.75, 3.05) is 0 Å². The molecule has 5 nitrogen and oxygen atoms in total. The van der Waals surface area contributed by atoms with Crippen molar-refractivity contribution in [2.45, 2.75) is 6.54 Å². The highest BCUT2D eigenvalue weighted by Crippen LogP contribution is 2.22. The summed E-state index contributed by atoms with van der Waals surface area (Å²) < 4.78 is 0. The topological polar surface area (TPSA) is 72.2 Å². The van der Waals surface area contributed by atoms with Crippen LogP contribution in [0.25, 0.3) is 0 Å². The van der Waals surface area contributed by atoms with Crippen molar-refractivity contribution in [3.05, 3.63) is 74.8 Å². The second kappa shape index (κ2) is 6.16. The number of carbonyl (C=O) groups excluding carboxylic acids is 1. The fourth-order valence-electron chi connectivity index (χ4n) is 1.72. The summed E-state index contributed by atoms with van der Waals surface area (Å²) in [5, 5.41) is 13.8. The van der Waals surface area contributed by atoms with Crippen LogP contribution in [0.15, 0.2) is 48.5 Å². The number of nitro groups is 1. The maximum Gasteiger partial charge on any atom is 0.282 e. The van der Waals surface area contributed by atoms with Crippen molar-refractivity contribution in [2.24, 2.45) is 0 Å². The highest BCUT2D eigenvalue weighted by molar-refractivity contribution is 6.31. The van der Waals surface area contributed by atoms with Crippen LogP contribution < -0.4 is 5.32 Å². The fraction of sp³-hybridized carbons (Fsp3) is 0.0714. The Kier molecular flexibility index (Phi) is 4.32. The van der Waals surface area contributed by atoms with E-state index in [-0.39, 0.29) is 16.3 Å². The van der Waals surface area contributed by atoms with Gasteiger partial charge in [-0.15, -0.1) is 0 Å². The van der Waals surface area contributed by atoms with Crippen LogP contribution in [0, 0.1) is 10.1 Å². The van der Waals surface area contributed by atoms with Gasteiger partial charge in [-0.25, -0.2) is 0 Å². The number of hydrogen-bond donors (Lipinski definition) is 1. The van der Waals surface area contributed by atoms with Crippen LogP contribution in [0.3, 0.4) is 0 Å². The van der Waals surface area contributed by atoms with Crippen LogP contribution in [0.2, 0.25) is 5.02 Å². The van der Waals surface area contributed by atoms with E-state index in [1.807, 2.05) is 30.3 Å². The average molecular weight is 291 g/mol. The quantitative estimate of drug-likeness (QED) is 0.694. The van der Waals surface area contributed by atoms with Crippen LogP contribution in [0.1, 0.15) is 15.9 Å². The van der Waals surface area contributed by atoms with Gasteiger partial charge in [0.25, 0.3) is 11.6 Å². The molecule has 0 unspecified atom stereocenters. The van der Waals surface area contributed by atoms with E-state index in [9.17, 15) is 14.9 Å². The molecule has 1 N–H and O–H groups in total. The zero-order chi connectivity index (χ0) is 14.5. The third-order valence-electron chi connectivity index (χ3n) is 2.70. The van der Waals surface area contributed by atoms with E-state index in [0.29, 0.717) is 6.54 Å². The summed E-state index contributed by atoms with van der Waals surface area (Å²) >= 11 is 5.78. The monoisotopic (exact) mass is 290 g/mol. The predicted octanol–water partition coefficient (Wildman–Crippen LogP) is 3.18. The Morgan fingerprint density at radius 1 is 1.20 bits per heavy atom. The Balaban J connectivity index is 2.17. The number of carbonyl (C=O) groups is 1. The van der Waals surface area contributed by atoms with Gasteiger partial charge in [0.2, 0.25) is 0 Å². The zero-order valence-corrected chi connectivity index (χ0v) is 11.1. The Labute approximate surface area is 120 Å². The van der Waals surface area contributed by atoms with Gasteiger partial charge in [-0.1, -0.05) is 41.9 Å². The number of nitro benzene ring substituents is 1. The molecule has 0 spiro atoms. The largest absolute Gasteiger partial charge is 0.348 e. The first-order valence-corrected chi connectivity index (χ1v) is 6.22. The SMILES string of the molecule is O=C(NCc1ccccc1)c1cc(Cl)ccc1[N+](=O)[O-]. The van der Waals surface area contributed by atoms with Crippen molar-refractivity contribution < 1.29 is 9.72 Å². The van der Waals surface area contributed by atoms with Gasteiger partial charge in [0.1, 0.15) is 5.56 Å². The molecule has 0 aliphatic carbocycles. The number of nitrogens with zero attached hydrogens (tertiary/aromatic N) is 1. The molecule has 20 heavy (non-hydrogen) atoms. The average Bonchev–Trinajstić information content (AvgIpc) is 2.45. The minimum Gasteiger partial charge on any atom is -0.348 e. The summed E-state index contributed by atoms with van der Waals surface area (Å²) in [7, 11) is 0. The lowest BCUT2D eigenvalue weighted by Gasteiger charge is -2.06. The Morgan fingerprint density at radius 3 is 2.55 bits per heavy atom. The highest BCUT2D eigenvalue weighted by Gasteiger charge is 2.20. The molecule has 1 amide bonds. The molecule has 0 radical (unpaired) electrons. The van der Waals surface area contributed by atoms with Gasteiger partial charge >= 0.3 is 0 Å². The van der Waals surface area contributed by atoms with Gasteiger partial charge in [-0.3, -0.25) is 14.9 Å². The van der Waals surface area contributed by atoms with Gasteiger partial charge < -0.3 is 5.32 Å². The summed E-state index contributed by atoms with van der Waals surface area (Å²) in [6.07, 6.45) is 0. The standard InChI is InChI=1S/C14H11ClN2O3/c15-11-6-7-13(17(19)20)12(8-11)14(18)16-9-10-4-2-1-3-5-10/h1-8H,9H2,(H,16,18). The molecule has 0 aliphatic heterocycles. The molecular formula is C14H11ClN2O3. The molecule has 0 atom stereocenters. The number of benzene rings is 2. The summed E-state index contributed by atoms with van der Waals surface area (Å²) in [6.45, 7) is 0.295. The molecule has 102 valence electrons. The van der Waals surface area contributed by atoms with E-state index in [1.54, 1.807) is 0 Å². The van der Waals surface area contributed by atoms with E-state index in [1.165, 1.54) is 18.2 Å². The summed E-state index contributed by atoms with van der Waals surface area (Å²) in [5.74, 6) is -0.525. The molecule has 0 fully saturated rings. The van der Waals surface area contributed by atoms with E-state index >= 15 is 0 Å². The predicted molar refractivity (Wildman–Crippen MR) is 75.7 cm³/mol. The molecule has 0 saturated carbocycles. The number of nitrogens with one attached hydrogen (secondary N) is 1. The number of halogens is 1. The molecule has 6 heteroatoms. The van der Waals surface area contributed by atoms with Crippen molar-refractivity contribution >= 4 is 23.2 Å².